The zero-order chi connectivity index (χ0) is 21.1. The van der Waals surface area contributed by atoms with E-state index in [4.69, 9.17) is 4.74 Å². The van der Waals surface area contributed by atoms with E-state index in [1.54, 1.807) is 12.1 Å². The molecule has 1 aliphatic rings. The predicted octanol–water partition coefficient (Wildman–Crippen LogP) is 2.91. The summed E-state index contributed by atoms with van der Waals surface area (Å²) in [6.07, 6.45) is -5.06. The molecule has 0 amide bonds. The fourth-order valence-electron chi connectivity index (χ4n) is 3.49. The maximum absolute atomic E-state index is 13.0. The molecule has 1 saturated carbocycles. The second-order valence-corrected chi connectivity index (χ2v) is 7.44. The fraction of sp³-hybridized carbons (Fsp3) is 0.450. The number of hydrogen-bond donors (Lipinski definition) is 3. The standard InChI is InChI=1S/C20H22F4N2O3/c21-15-4-1-13(2-5-15)9-25-11-19(7-16(27)17(28)8-19)12-29-18-6-3-14(10-26-18)20(22,23)24/h1-6,10,16-17,25,27-28H,7-9,11-12H2/t16-,17+,19?. The van der Waals surface area contributed by atoms with Crippen molar-refractivity contribution in [3.63, 3.8) is 0 Å². The summed E-state index contributed by atoms with van der Waals surface area (Å²) in [7, 11) is 0. The number of nitrogens with zero attached hydrogens (tertiary/aromatic N) is 1. The normalized spacial score (nSPS) is 24.6. The van der Waals surface area contributed by atoms with E-state index in [1.807, 2.05) is 0 Å². The molecule has 0 spiro atoms. The third-order valence-corrected chi connectivity index (χ3v) is 5.06. The van der Waals surface area contributed by atoms with Gasteiger partial charge in [-0.15, -0.1) is 0 Å². The number of rotatable bonds is 7. The minimum absolute atomic E-state index is 0.0341. The van der Waals surface area contributed by atoms with Crippen LogP contribution in [0.3, 0.4) is 0 Å². The molecule has 158 valence electrons. The quantitative estimate of drug-likeness (QED) is 0.608. The van der Waals surface area contributed by atoms with Crippen molar-refractivity contribution >= 4 is 0 Å². The lowest BCUT2D eigenvalue weighted by atomic mass is 9.86. The van der Waals surface area contributed by atoms with E-state index in [0.717, 1.165) is 17.7 Å². The summed E-state index contributed by atoms with van der Waals surface area (Å²) in [4.78, 5) is 3.69. The summed E-state index contributed by atoms with van der Waals surface area (Å²) in [6.45, 7) is 0.905. The van der Waals surface area contributed by atoms with Gasteiger partial charge in [-0.3, -0.25) is 0 Å². The first-order valence-electron chi connectivity index (χ1n) is 9.14. The van der Waals surface area contributed by atoms with E-state index in [1.165, 1.54) is 12.1 Å². The van der Waals surface area contributed by atoms with Crippen molar-refractivity contribution in [1.29, 1.82) is 0 Å². The highest BCUT2D eigenvalue weighted by atomic mass is 19.4. The number of hydrogen-bond acceptors (Lipinski definition) is 5. The van der Waals surface area contributed by atoms with Gasteiger partial charge in [0.2, 0.25) is 5.88 Å². The largest absolute Gasteiger partial charge is 0.477 e. The molecule has 5 nitrogen and oxygen atoms in total. The molecule has 3 N–H and O–H groups in total. The highest BCUT2D eigenvalue weighted by molar-refractivity contribution is 5.20. The van der Waals surface area contributed by atoms with E-state index in [9.17, 15) is 27.8 Å². The van der Waals surface area contributed by atoms with Gasteiger partial charge < -0.3 is 20.3 Å². The Bertz CT molecular complexity index is 787. The van der Waals surface area contributed by atoms with Gasteiger partial charge in [-0.25, -0.2) is 9.37 Å². The van der Waals surface area contributed by atoms with Gasteiger partial charge in [-0.05, 0) is 36.6 Å². The number of nitrogens with one attached hydrogen (secondary N) is 1. The zero-order valence-corrected chi connectivity index (χ0v) is 15.5. The van der Waals surface area contributed by atoms with Crippen molar-refractivity contribution < 1.29 is 32.5 Å². The van der Waals surface area contributed by atoms with Crippen LogP contribution in [-0.4, -0.2) is 40.6 Å². The molecule has 1 fully saturated rings. The molecule has 1 aromatic heterocycles. The van der Waals surface area contributed by atoms with Gasteiger partial charge >= 0.3 is 6.18 Å². The number of ether oxygens (including phenoxy) is 1. The van der Waals surface area contributed by atoms with Crippen LogP contribution in [0.15, 0.2) is 42.6 Å². The Morgan fingerprint density at radius 2 is 1.72 bits per heavy atom. The monoisotopic (exact) mass is 414 g/mol. The molecule has 0 saturated heterocycles. The molecule has 3 rings (SSSR count). The maximum Gasteiger partial charge on any atom is 0.417 e. The van der Waals surface area contributed by atoms with Crippen LogP contribution in [-0.2, 0) is 12.7 Å². The summed E-state index contributed by atoms with van der Waals surface area (Å²) in [5.74, 6) is -0.295. The summed E-state index contributed by atoms with van der Waals surface area (Å²) < 4.78 is 56.5. The number of aromatic nitrogens is 1. The highest BCUT2D eigenvalue weighted by Gasteiger charge is 2.44. The van der Waals surface area contributed by atoms with Crippen LogP contribution in [0.5, 0.6) is 5.88 Å². The lowest BCUT2D eigenvalue weighted by molar-refractivity contribution is -0.137. The van der Waals surface area contributed by atoms with Gasteiger partial charge in [0, 0.05) is 30.8 Å². The molecule has 0 radical (unpaired) electrons. The highest BCUT2D eigenvalue weighted by Crippen LogP contribution is 2.39. The topological polar surface area (TPSA) is 74.6 Å². The SMILES string of the molecule is O[C@@H]1CC(CNCc2ccc(F)cc2)(COc2ccc(C(F)(F)F)cn2)C[C@@H]1O. The van der Waals surface area contributed by atoms with E-state index < -0.39 is 29.4 Å². The van der Waals surface area contributed by atoms with Crippen LogP contribution >= 0.6 is 0 Å². The Morgan fingerprint density at radius 1 is 1.07 bits per heavy atom. The summed E-state index contributed by atoms with van der Waals surface area (Å²) >= 11 is 0. The van der Waals surface area contributed by atoms with Crippen molar-refractivity contribution in [2.75, 3.05) is 13.2 Å². The Hall–Kier alpha value is -2.23. The molecule has 0 bridgehead atoms. The molecule has 29 heavy (non-hydrogen) atoms. The Balaban J connectivity index is 1.61. The Morgan fingerprint density at radius 3 is 2.28 bits per heavy atom. The van der Waals surface area contributed by atoms with Crippen LogP contribution in [0, 0.1) is 11.2 Å². The Labute approximate surface area is 165 Å². The van der Waals surface area contributed by atoms with Gasteiger partial charge in [0.1, 0.15) is 5.82 Å². The molecule has 1 aliphatic carbocycles. The first-order chi connectivity index (χ1) is 13.7. The lowest BCUT2D eigenvalue weighted by Crippen LogP contribution is -2.38. The molecule has 0 aliphatic heterocycles. The minimum Gasteiger partial charge on any atom is -0.477 e. The van der Waals surface area contributed by atoms with E-state index in [0.29, 0.717) is 19.3 Å². The minimum atomic E-state index is -4.48. The molecule has 3 atom stereocenters. The van der Waals surface area contributed by atoms with Crippen LogP contribution < -0.4 is 10.1 Å². The summed E-state index contributed by atoms with van der Waals surface area (Å²) in [6, 6.07) is 8.04. The molecular formula is C20H22F4N2O3. The second kappa shape index (κ2) is 8.64. The fourth-order valence-corrected chi connectivity index (χ4v) is 3.49. The lowest BCUT2D eigenvalue weighted by Gasteiger charge is -2.29. The van der Waals surface area contributed by atoms with Crippen molar-refractivity contribution in [3.05, 3.63) is 59.5 Å². The second-order valence-electron chi connectivity index (χ2n) is 7.44. The van der Waals surface area contributed by atoms with Crippen molar-refractivity contribution in [1.82, 2.24) is 10.3 Å². The third-order valence-electron chi connectivity index (χ3n) is 5.06. The molecule has 2 aromatic rings. The maximum atomic E-state index is 13.0. The summed E-state index contributed by atoms with van der Waals surface area (Å²) in [5, 5.41) is 23.2. The van der Waals surface area contributed by atoms with Crippen molar-refractivity contribution in [2.24, 2.45) is 5.41 Å². The van der Waals surface area contributed by atoms with Crippen LogP contribution in [0.2, 0.25) is 0 Å². The smallest absolute Gasteiger partial charge is 0.417 e. The number of aliphatic hydroxyl groups is 2. The van der Waals surface area contributed by atoms with Gasteiger partial charge in [0.25, 0.3) is 0 Å². The average Bonchev–Trinajstić information content (AvgIpc) is 2.95. The summed E-state index contributed by atoms with van der Waals surface area (Å²) in [5.41, 5.74) is -0.623. The van der Waals surface area contributed by atoms with E-state index in [2.05, 4.69) is 10.3 Å². The first-order valence-corrected chi connectivity index (χ1v) is 9.14. The third kappa shape index (κ3) is 5.65. The number of aliphatic hydroxyl groups excluding tert-OH is 2. The van der Waals surface area contributed by atoms with E-state index >= 15 is 0 Å². The van der Waals surface area contributed by atoms with Crippen LogP contribution in [0.4, 0.5) is 17.6 Å². The van der Waals surface area contributed by atoms with Gasteiger partial charge in [-0.2, -0.15) is 13.2 Å². The first kappa shape index (κ1) is 21.5. The van der Waals surface area contributed by atoms with Gasteiger partial charge in [0.15, 0.2) is 0 Å². The molecule has 9 heteroatoms. The van der Waals surface area contributed by atoms with Crippen LogP contribution in [0.25, 0.3) is 0 Å². The number of benzene rings is 1. The molecular weight excluding hydrogens is 392 g/mol. The van der Waals surface area contributed by atoms with Crippen molar-refractivity contribution in [2.45, 2.75) is 37.8 Å². The molecule has 1 heterocycles. The Kier molecular flexibility index (Phi) is 6.40. The van der Waals surface area contributed by atoms with E-state index in [-0.39, 0.29) is 31.1 Å². The zero-order valence-electron chi connectivity index (χ0n) is 15.5. The van der Waals surface area contributed by atoms with Gasteiger partial charge in [0.05, 0.1) is 24.4 Å². The molecule has 1 aromatic carbocycles. The molecule has 1 unspecified atom stereocenters. The predicted molar refractivity (Wildman–Crippen MR) is 96.5 cm³/mol. The van der Waals surface area contributed by atoms with Crippen LogP contribution in [0.1, 0.15) is 24.0 Å². The number of halogens is 4. The average molecular weight is 414 g/mol. The number of alkyl halides is 3. The van der Waals surface area contributed by atoms with Crippen molar-refractivity contribution in [3.8, 4) is 5.88 Å². The number of pyridine rings is 1. The van der Waals surface area contributed by atoms with Gasteiger partial charge in [-0.1, -0.05) is 12.1 Å².